The lowest BCUT2D eigenvalue weighted by Gasteiger charge is -2.17. The summed E-state index contributed by atoms with van der Waals surface area (Å²) in [5.74, 6) is -1.11. The molecular formula is C14H17F2N. The van der Waals surface area contributed by atoms with Crippen molar-refractivity contribution in [1.82, 2.24) is 0 Å². The molecule has 0 bridgehead atoms. The zero-order chi connectivity index (χ0) is 12.3. The monoisotopic (exact) mass is 237 g/mol. The summed E-state index contributed by atoms with van der Waals surface area (Å²) in [4.78, 5) is 0. The summed E-state index contributed by atoms with van der Waals surface area (Å²) in [7, 11) is 0. The average Bonchev–Trinajstić information content (AvgIpc) is 2.57. The van der Waals surface area contributed by atoms with Gasteiger partial charge in [0.2, 0.25) is 0 Å². The number of benzene rings is 1. The highest BCUT2D eigenvalue weighted by Crippen LogP contribution is 2.30. The van der Waals surface area contributed by atoms with E-state index in [1.807, 2.05) is 6.08 Å². The Morgan fingerprint density at radius 1 is 1.06 bits per heavy atom. The van der Waals surface area contributed by atoms with E-state index in [-0.39, 0.29) is 5.56 Å². The molecule has 1 unspecified atom stereocenters. The van der Waals surface area contributed by atoms with Gasteiger partial charge in [-0.05, 0) is 37.8 Å². The number of halogens is 2. The predicted octanol–water partition coefficient (Wildman–Crippen LogP) is 3.86. The molecule has 17 heavy (non-hydrogen) atoms. The molecule has 1 aromatic rings. The van der Waals surface area contributed by atoms with Crippen LogP contribution in [0.3, 0.4) is 0 Å². The Labute approximate surface area is 100 Å². The first kappa shape index (κ1) is 12.2. The summed E-state index contributed by atoms with van der Waals surface area (Å²) in [5.41, 5.74) is 6.96. The second kappa shape index (κ2) is 5.41. The van der Waals surface area contributed by atoms with E-state index in [2.05, 4.69) is 0 Å². The van der Waals surface area contributed by atoms with Crippen LogP contribution in [0.5, 0.6) is 0 Å². The van der Waals surface area contributed by atoms with Gasteiger partial charge in [-0.25, -0.2) is 8.78 Å². The largest absolute Gasteiger partial charge is 0.320 e. The summed E-state index contributed by atoms with van der Waals surface area (Å²) < 4.78 is 27.2. The average molecular weight is 237 g/mol. The van der Waals surface area contributed by atoms with Gasteiger partial charge in [0.15, 0.2) is 0 Å². The first-order valence-electron chi connectivity index (χ1n) is 6.08. The molecule has 0 radical (unpaired) electrons. The smallest absolute Gasteiger partial charge is 0.131 e. The molecule has 0 aliphatic heterocycles. The highest BCUT2D eigenvalue weighted by molar-refractivity contribution is 5.30. The highest BCUT2D eigenvalue weighted by Gasteiger charge is 2.20. The van der Waals surface area contributed by atoms with E-state index in [4.69, 9.17) is 5.73 Å². The van der Waals surface area contributed by atoms with Gasteiger partial charge < -0.3 is 5.73 Å². The number of allylic oxidation sites excluding steroid dienone is 1. The minimum atomic E-state index is -0.644. The van der Waals surface area contributed by atoms with Gasteiger partial charge in [-0.3, -0.25) is 0 Å². The Hall–Kier alpha value is -1.22. The Morgan fingerprint density at radius 3 is 2.47 bits per heavy atom. The molecule has 1 atom stereocenters. The van der Waals surface area contributed by atoms with E-state index in [0.29, 0.717) is 0 Å². The fraction of sp³-hybridized carbons (Fsp3) is 0.429. The van der Waals surface area contributed by atoms with E-state index in [1.54, 1.807) is 0 Å². The van der Waals surface area contributed by atoms with Gasteiger partial charge in [0.25, 0.3) is 0 Å². The SMILES string of the molecule is NC(C1=CCCCCC1)c1c(F)cccc1F. The summed E-state index contributed by atoms with van der Waals surface area (Å²) in [6.07, 6.45) is 7.19. The van der Waals surface area contributed by atoms with Crippen molar-refractivity contribution in [2.45, 2.75) is 38.1 Å². The van der Waals surface area contributed by atoms with Gasteiger partial charge in [-0.1, -0.05) is 24.1 Å². The molecule has 3 heteroatoms. The van der Waals surface area contributed by atoms with Crippen LogP contribution in [0.15, 0.2) is 29.8 Å². The third-order valence-corrected chi connectivity index (χ3v) is 3.29. The lowest BCUT2D eigenvalue weighted by Crippen LogP contribution is -2.16. The molecule has 0 saturated heterocycles. The fourth-order valence-corrected chi connectivity index (χ4v) is 2.32. The molecular weight excluding hydrogens is 220 g/mol. The molecule has 2 N–H and O–H groups in total. The van der Waals surface area contributed by atoms with E-state index >= 15 is 0 Å². The fourth-order valence-electron chi connectivity index (χ4n) is 2.32. The van der Waals surface area contributed by atoms with Crippen molar-refractivity contribution in [3.05, 3.63) is 47.0 Å². The van der Waals surface area contributed by atoms with Crippen LogP contribution in [0.25, 0.3) is 0 Å². The maximum atomic E-state index is 13.6. The maximum Gasteiger partial charge on any atom is 0.131 e. The molecule has 1 aromatic carbocycles. The lowest BCUT2D eigenvalue weighted by atomic mass is 9.95. The number of hydrogen-bond acceptors (Lipinski definition) is 1. The second-order valence-electron chi connectivity index (χ2n) is 4.49. The van der Waals surface area contributed by atoms with Crippen LogP contribution in [-0.2, 0) is 0 Å². The molecule has 0 aromatic heterocycles. The van der Waals surface area contributed by atoms with Gasteiger partial charge in [0.1, 0.15) is 11.6 Å². The van der Waals surface area contributed by atoms with Crippen LogP contribution in [0.2, 0.25) is 0 Å². The van der Waals surface area contributed by atoms with Crippen LogP contribution >= 0.6 is 0 Å². The third kappa shape index (κ3) is 2.72. The van der Waals surface area contributed by atoms with E-state index in [9.17, 15) is 8.78 Å². The normalized spacial score (nSPS) is 18.4. The number of rotatable bonds is 2. The predicted molar refractivity (Wildman–Crippen MR) is 64.5 cm³/mol. The van der Waals surface area contributed by atoms with Crippen molar-refractivity contribution in [1.29, 1.82) is 0 Å². The van der Waals surface area contributed by atoms with Crippen molar-refractivity contribution < 1.29 is 8.78 Å². The third-order valence-electron chi connectivity index (χ3n) is 3.29. The molecule has 2 rings (SSSR count). The van der Waals surface area contributed by atoms with E-state index in [0.717, 1.165) is 37.7 Å². The number of nitrogens with two attached hydrogens (primary N) is 1. The van der Waals surface area contributed by atoms with Gasteiger partial charge in [0.05, 0.1) is 6.04 Å². The van der Waals surface area contributed by atoms with Crippen LogP contribution in [0, 0.1) is 11.6 Å². The molecule has 0 saturated carbocycles. The summed E-state index contributed by atoms with van der Waals surface area (Å²) >= 11 is 0. The van der Waals surface area contributed by atoms with Crippen LogP contribution in [0.1, 0.15) is 43.7 Å². The first-order valence-corrected chi connectivity index (χ1v) is 6.08. The Morgan fingerprint density at radius 2 is 1.76 bits per heavy atom. The molecule has 1 aliphatic rings. The topological polar surface area (TPSA) is 26.0 Å². The first-order chi connectivity index (χ1) is 8.20. The molecule has 1 aliphatic carbocycles. The highest BCUT2D eigenvalue weighted by atomic mass is 19.1. The van der Waals surface area contributed by atoms with Crippen molar-refractivity contribution in [3.8, 4) is 0 Å². The Kier molecular flexibility index (Phi) is 3.89. The molecule has 0 fully saturated rings. The molecule has 0 amide bonds. The van der Waals surface area contributed by atoms with Gasteiger partial charge >= 0.3 is 0 Å². The Bertz CT molecular complexity index is 406. The van der Waals surface area contributed by atoms with Crippen LogP contribution < -0.4 is 5.73 Å². The molecule has 92 valence electrons. The molecule has 1 nitrogen and oxygen atoms in total. The summed E-state index contributed by atoms with van der Waals surface area (Å²) in [6, 6.07) is 3.24. The standard InChI is InChI=1S/C14H17F2N/c15-11-8-5-9-12(16)13(11)14(17)10-6-3-1-2-4-7-10/h5-6,8-9,14H,1-4,7,17H2. The zero-order valence-corrected chi connectivity index (χ0v) is 9.76. The number of hydrogen-bond donors (Lipinski definition) is 1. The summed E-state index contributed by atoms with van der Waals surface area (Å²) in [5, 5.41) is 0. The minimum Gasteiger partial charge on any atom is -0.320 e. The van der Waals surface area contributed by atoms with Crippen molar-refractivity contribution in [2.24, 2.45) is 5.73 Å². The molecule has 0 spiro atoms. The second-order valence-corrected chi connectivity index (χ2v) is 4.49. The van der Waals surface area contributed by atoms with Crippen molar-refractivity contribution in [3.63, 3.8) is 0 Å². The maximum absolute atomic E-state index is 13.6. The quantitative estimate of drug-likeness (QED) is 0.777. The van der Waals surface area contributed by atoms with Crippen molar-refractivity contribution >= 4 is 0 Å². The van der Waals surface area contributed by atoms with Crippen LogP contribution in [-0.4, -0.2) is 0 Å². The Balaban J connectivity index is 2.29. The van der Waals surface area contributed by atoms with Gasteiger partial charge in [0, 0.05) is 5.56 Å². The zero-order valence-electron chi connectivity index (χ0n) is 9.76. The van der Waals surface area contributed by atoms with Gasteiger partial charge in [-0.2, -0.15) is 0 Å². The molecule has 0 heterocycles. The van der Waals surface area contributed by atoms with Crippen LogP contribution in [0.4, 0.5) is 8.78 Å². The van der Waals surface area contributed by atoms with E-state index < -0.39 is 17.7 Å². The van der Waals surface area contributed by atoms with Gasteiger partial charge in [-0.15, -0.1) is 0 Å². The van der Waals surface area contributed by atoms with Crippen molar-refractivity contribution in [2.75, 3.05) is 0 Å². The van der Waals surface area contributed by atoms with E-state index in [1.165, 1.54) is 18.2 Å². The minimum absolute atomic E-state index is 0.000602. The summed E-state index contributed by atoms with van der Waals surface area (Å²) in [6.45, 7) is 0. The lowest BCUT2D eigenvalue weighted by molar-refractivity contribution is 0.537.